The van der Waals surface area contributed by atoms with Gasteiger partial charge in [0.2, 0.25) is 0 Å². The SMILES string of the molecule is CCO[C@H]1C[C@@]2(C)[C@@H](CC[C@H]3[C@@H]4CC[C@H](C(C)O)[C@@]4(C)CC(=O)[C@@H]32)C[C@@H]1C. The maximum Gasteiger partial charge on any atom is 0.137 e. The number of Topliss-reactive ketones (excluding diaryl/α,β-unsaturated/α-hetero) is 1. The molecule has 0 radical (unpaired) electrons. The number of rotatable bonds is 3. The molecule has 0 saturated heterocycles. The second-order valence-corrected chi connectivity index (χ2v) is 11.0. The highest BCUT2D eigenvalue weighted by molar-refractivity contribution is 5.84. The van der Waals surface area contributed by atoms with E-state index in [2.05, 4.69) is 27.7 Å². The van der Waals surface area contributed by atoms with Crippen molar-refractivity contribution >= 4 is 5.78 Å². The number of hydrogen-bond acceptors (Lipinski definition) is 3. The minimum absolute atomic E-state index is 0.0108. The van der Waals surface area contributed by atoms with Crippen LogP contribution in [0.3, 0.4) is 0 Å². The largest absolute Gasteiger partial charge is 0.393 e. The Morgan fingerprint density at radius 2 is 1.93 bits per heavy atom. The molecule has 0 heterocycles. The molecule has 0 aromatic carbocycles. The van der Waals surface area contributed by atoms with Gasteiger partial charge in [0.05, 0.1) is 12.2 Å². The third-order valence-electron chi connectivity index (χ3n) is 9.72. The number of ketones is 1. The van der Waals surface area contributed by atoms with Gasteiger partial charge in [0.25, 0.3) is 0 Å². The predicted molar refractivity (Wildman–Crippen MR) is 107 cm³/mol. The van der Waals surface area contributed by atoms with E-state index >= 15 is 0 Å². The van der Waals surface area contributed by atoms with Gasteiger partial charge in [-0.25, -0.2) is 0 Å². The fourth-order valence-electron chi connectivity index (χ4n) is 8.56. The van der Waals surface area contributed by atoms with E-state index in [-0.39, 0.29) is 22.9 Å². The van der Waals surface area contributed by atoms with E-state index in [1.165, 1.54) is 25.7 Å². The van der Waals surface area contributed by atoms with Crippen molar-refractivity contribution < 1.29 is 14.6 Å². The molecule has 0 aromatic rings. The van der Waals surface area contributed by atoms with E-state index < -0.39 is 0 Å². The fraction of sp³-hybridized carbons (Fsp3) is 0.958. The first-order valence-corrected chi connectivity index (χ1v) is 11.5. The van der Waals surface area contributed by atoms with Gasteiger partial charge in [-0.1, -0.05) is 20.8 Å². The van der Waals surface area contributed by atoms with E-state index in [1.54, 1.807) is 0 Å². The number of aliphatic hydroxyl groups excluding tert-OH is 1. The van der Waals surface area contributed by atoms with Gasteiger partial charge in [0, 0.05) is 18.9 Å². The Kier molecular flexibility index (Phi) is 5.03. The topological polar surface area (TPSA) is 46.5 Å². The first kappa shape index (κ1) is 19.9. The Hall–Kier alpha value is -0.410. The summed E-state index contributed by atoms with van der Waals surface area (Å²) in [5.41, 5.74) is 0.119. The van der Waals surface area contributed by atoms with Crippen LogP contribution < -0.4 is 0 Å². The molecule has 4 fully saturated rings. The second kappa shape index (κ2) is 6.83. The molecule has 4 saturated carbocycles. The lowest BCUT2D eigenvalue weighted by Crippen LogP contribution is -2.59. The molecule has 154 valence electrons. The Balaban J connectivity index is 1.65. The van der Waals surface area contributed by atoms with Gasteiger partial charge in [-0.05, 0) is 92.8 Å². The van der Waals surface area contributed by atoms with Gasteiger partial charge >= 0.3 is 0 Å². The molecule has 0 amide bonds. The molecule has 1 unspecified atom stereocenters. The highest BCUT2D eigenvalue weighted by Gasteiger charge is 2.64. The summed E-state index contributed by atoms with van der Waals surface area (Å²) in [7, 11) is 0. The number of fused-ring (bicyclic) bond motifs is 5. The van der Waals surface area contributed by atoms with Crippen LogP contribution >= 0.6 is 0 Å². The number of hydrogen-bond donors (Lipinski definition) is 1. The number of carbonyl (C=O) groups excluding carboxylic acids is 1. The lowest BCUT2D eigenvalue weighted by molar-refractivity contribution is -0.171. The lowest BCUT2D eigenvalue weighted by atomic mass is 9.43. The van der Waals surface area contributed by atoms with Crippen LogP contribution in [0.5, 0.6) is 0 Å². The molecule has 0 aliphatic heterocycles. The lowest BCUT2D eigenvalue weighted by Gasteiger charge is -2.61. The van der Waals surface area contributed by atoms with Gasteiger partial charge in [-0.3, -0.25) is 4.79 Å². The summed E-state index contributed by atoms with van der Waals surface area (Å²) in [6.45, 7) is 11.9. The zero-order chi connectivity index (χ0) is 19.6. The van der Waals surface area contributed by atoms with Crippen LogP contribution in [0.15, 0.2) is 0 Å². The Bertz CT molecular complexity index is 586. The third-order valence-corrected chi connectivity index (χ3v) is 9.72. The van der Waals surface area contributed by atoms with Crippen molar-refractivity contribution in [1.82, 2.24) is 0 Å². The molecule has 10 atom stereocenters. The Morgan fingerprint density at radius 1 is 1.19 bits per heavy atom. The highest BCUT2D eigenvalue weighted by Crippen LogP contribution is 2.67. The molecule has 27 heavy (non-hydrogen) atoms. The summed E-state index contributed by atoms with van der Waals surface area (Å²) in [5, 5.41) is 10.4. The number of carbonyl (C=O) groups is 1. The number of ether oxygens (including phenoxy) is 1. The summed E-state index contributed by atoms with van der Waals surface area (Å²) >= 11 is 0. The standard InChI is InChI=1S/C24H40O3/c1-6-27-21-13-23(4)16(11-14(21)2)7-8-17-19-10-9-18(15(3)25)24(19,5)12-20(26)22(17)23/h14-19,21-22,25H,6-13H2,1-5H3/t14-,15?,16-,17-,18+,19-,21-,22+,23-,24+/m0/s1. The van der Waals surface area contributed by atoms with Crippen LogP contribution in [0.1, 0.15) is 79.6 Å². The minimum Gasteiger partial charge on any atom is -0.393 e. The summed E-state index contributed by atoms with van der Waals surface area (Å²) in [6, 6.07) is 0. The maximum atomic E-state index is 13.6. The zero-order valence-corrected chi connectivity index (χ0v) is 18.0. The van der Waals surface area contributed by atoms with Crippen LogP contribution in [0.4, 0.5) is 0 Å². The van der Waals surface area contributed by atoms with Crippen molar-refractivity contribution in [2.75, 3.05) is 6.61 Å². The predicted octanol–water partition coefficient (Wildman–Crippen LogP) is 4.86. The van der Waals surface area contributed by atoms with E-state index in [0.29, 0.717) is 47.9 Å². The molecule has 4 aliphatic rings. The third kappa shape index (κ3) is 2.86. The van der Waals surface area contributed by atoms with Crippen LogP contribution in [0, 0.1) is 46.3 Å². The van der Waals surface area contributed by atoms with E-state index in [0.717, 1.165) is 19.4 Å². The first-order valence-electron chi connectivity index (χ1n) is 11.5. The highest BCUT2D eigenvalue weighted by atomic mass is 16.5. The molecule has 1 N–H and O–H groups in total. The molecule has 0 bridgehead atoms. The smallest absolute Gasteiger partial charge is 0.137 e. The van der Waals surface area contributed by atoms with Crippen molar-refractivity contribution in [1.29, 1.82) is 0 Å². The Labute approximate surface area is 165 Å². The van der Waals surface area contributed by atoms with E-state index in [4.69, 9.17) is 4.74 Å². The van der Waals surface area contributed by atoms with Crippen LogP contribution in [-0.2, 0) is 9.53 Å². The molecule has 0 aromatic heterocycles. The van der Waals surface area contributed by atoms with Crippen molar-refractivity contribution in [2.45, 2.75) is 91.8 Å². The average Bonchev–Trinajstić information content (AvgIpc) is 2.92. The molecule has 3 heteroatoms. The van der Waals surface area contributed by atoms with Gasteiger partial charge < -0.3 is 9.84 Å². The number of aliphatic hydroxyl groups is 1. The van der Waals surface area contributed by atoms with Gasteiger partial charge in [-0.2, -0.15) is 0 Å². The van der Waals surface area contributed by atoms with E-state index in [9.17, 15) is 9.90 Å². The molecule has 4 rings (SSSR count). The van der Waals surface area contributed by atoms with Crippen molar-refractivity contribution in [3.05, 3.63) is 0 Å². The van der Waals surface area contributed by atoms with Crippen molar-refractivity contribution in [2.24, 2.45) is 46.3 Å². The van der Waals surface area contributed by atoms with Crippen LogP contribution in [0.2, 0.25) is 0 Å². The van der Waals surface area contributed by atoms with Gasteiger partial charge in [0.1, 0.15) is 5.78 Å². The molecular formula is C24H40O3. The average molecular weight is 377 g/mol. The summed E-state index contributed by atoms with van der Waals surface area (Å²) in [4.78, 5) is 13.6. The Morgan fingerprint density at radius 3 is 2.59 bits per heavy atom. The maximum absolute atomic E-state index is 13.6. The van der Waals surface area contributed by atoms with Gasteiger partial charge in [-0.15, -0.1) is 0 Å². The van der Waals surface area contributed by atoms with Crippen LogP contribution in [0.25, 0.3) is 0 Å². The normalized spacial score (nSPS) is 53.4. The molecule has 0 spiro atoms. The van der Waals surface area contributed by atoms with Gasteiger partial charge in [0.15, 0.2) is 0 Å². The second-order valence-electron chi connectivity index (χ2n) is 11.0. The quantitative estimate of drug-likeness (QED) is 0.765. The monoisotopic (exact) mass is 376 g/mol. The summed E-state index contributed by atoms with van der Waals surface area (Å²) in [6.07, 6.45) is 7.76. The minimum atomic E-state index is -0.297. The first-order chi connectivity index (χ1) is 12.7. The van der Waals surface area contributed by atoms with Crippen LogP contribution in [-0.4, -0.2) is 29.7 Å². The molecule has 3 nitrogen and oxygen atoms in total. The van der Waals surface area contributed by atoms with Crippen molar-refractivity contribution in [3.63, 3.8) is 0 Å². The zero-order valence-electron chi connectivity index (χ0n) is 18.0. The molecular weight excluding hydrogens is 336 g/mol. The fourth-order valence-corrected chi connectivity index (χ4v) is 8.56. The molecule has 4 aliphatic carbocycles. The summed E-state index contributed by atoms with van der Waals surface area (Å²) in [5.74, 6) is 3.43. The summed E-state index contributed by atoms with van der Waals surface area (Å²) < 4.78 is 6.13. The van der Waals surface area contributed by atoms with E-state index in [1.807, 2.05) is 6.92 Å². The van der Waals surface area contributed by atoms with Crippen molar-refractivity contribution in [3.8, 4) is 0 Å².